The SMILES string of the molecule is CC1=CC[C]([Ti][C]2=CC(C)=CC2)=C1.C[Si](C)(Cl)Cl. The van der Waals surface area contributed by atoms with Crippen LogP contribution < -0.4 is 0 Å². The van der Waals surface area contributed by atoms with Gasteiger partial charge in [0, 0.05) is 0 Å². The molecule has 0 saturated heterocycles. The van der Waals surface area contributed by atoms with E-state index in [1.165, 1.54) is 24.0 Å². The number of halogens is 2. The minimum Gasteiger partial charge on any atom is -0.146 e. The van der Waals surface area contributed by atoms with Crippen LogP contribution in [0.15, 0.2) is 43.2 Å². The Balaban J connectivity index is 0.000000280. The molecular weight excluding hydrogens is 315 g/mol. The van der Waals surface area contributed by atoms with Crippen molar-refractivity contribution in [2.75, 3.05) is 0 Å². The molecule has 0 unspecified atom stereocenters. The van der Waals surface area contributed by atoms with Crippen molar-refractivity contribution in [1.82, 2.24) is 0 Å². The molecule has 0 spiro atoms. The topological polar surface area (TPSA) is 0 Å². The average Bonchev–Trinajstić information content (AvgIpc) is 2.74. The predicted molar refractivity (Wildman–Crippen MR) is 82.1 cm³/mol. The molecule has 0 radical (unpaired) electrons. The summed E-state index contributed by atoms with van der Waals surface area (Å²) in [5.41, 5.74) is 2.92. The summed E-state index contributed by atoms with van der Waals surface area (Å²) in [6.45, 7) is 6.45. The Morgan fingerprint density at radius 2 is 1.28 bits per heavy atom. The number of hydrogen-bond donors (Lipinski definition) is 0. The van der Waals surface area contributed by atoms with Gasteiger partial charge in [-0.15, -0.1) is 22.2 Å². The molecule has 0 aromatic carbocycles. The summed E-state index contributed by atoms with van der Waals surface area (Å²) < 4.78 is 3.40. The second-order valence-electron chi connectivity index (χ2n) is 5.10. The molecule has 0 amide bonds. The molecule has 0 saturated carbocycles. The van der Waals surface area contributed by atoms with Gasteiger partial charge in [0.25, 0.3) is 0 Å². The molecule has 4 heteroatoms. The minimum absolute atomic E-state index is 0.0450. The van der Waals surface area contributed by atoms with Crippen LogP contribution in [0.1, 0.15) is 26.7 Å². The first-order valence-corrected chi connectivity index (χ1v) is 12.7. The fourth-order valence-electron chi connectivity index (χ4n) is 1.71. The van der Waals surface area contributed by atoms with Gasteiger partial charge in [-0.3, -0.25) is 0 Å². The van der Waals surface area contributed by atoms with Gasteiger partial charge in [-0.05, 0) is 13.1 Å². The molecular formula is C14H20Cl2SiTi. The van der Waals surface area contributed by atoms with Crippen molar-refractivity contribution < 1.29 is 19.2 Å². The molecule has 2 rings (SSSR count). The summed E-state index contributed by atoms with van der Waals surface area (Å²) >= 11 is 10.9. The fourth-order valence-corrected chi connectivity index (χ4v) is 3.93. The van der Waals surface area contributed by atoms with Gasteiger partial charge in [-0.25, -0.2) is 0 Å². The quantitative estimate of drug-likeness (QED) is 0.448. The molecule has 0 atom stereocenters. The molecule has 0 heterocycles. The van der Waals surface area contributed by atoms with Gasteiger partial charge in [-0.2, -0.15) is 0 Å². The third-order valence-electron chi connectivity index (χ3n) is 2.41. The molecule has 2 aliphatic rings. The molecule has 0 aromatic rings. The van der Waals surface area contributed by atoms with Crippen LogP contribution in [-0.4, -0.2) is 6.69 Å². The summed E-state index contributed by atoms with van der Waals surface area (Å²) in [4.78, 5) is 0. The Bertz CT molecular complexity index is 386. The maximum atomic E-state index is 5.43. The molecule has 0 nitrogen and oxygen atoms in total. The average molecular weight is 335 g/mol. The van der Waals surface area contributed by atoms with E-state index in [4.69, 9.17) is 22.2 Å². The smallest absolute Gasteiger partial charge is 0.146 e. The second kappa shape index (κ2) is 7.31. The fraction of sp³-hybridized carbons (Fsp3) is 0.429. The van der Waals surface area contributed by atoms with Crippen LogP contribution >= 0.6 is 22.2 Å². The third-order valence-corrected chi connectivity index (χ3v) is 4.50. The Kier molecular flexibility index (Phi) is 6.71. The third kappa shape index (κ3) is 7.81. The molecule has 98 valence electrons. The summed E-state index contributed by atoms with van der Waals surface area (Å²) in [5.74, 6) is 0. The second-order valence-corrected chi connectivity index (χ2v) is 16.4. The van der Waals surface area contributed by atoms with Crippen LogP contribution in [0, 0.1) is 0 Å². The molecule has 0 aliphatic heterocycles. The van der Waals surface area contributed by atoms with E-state index >= 15 is 0 Å². The standard InChI is InChI=1S/2C6H7.C2H6Cl2Si.Ti/c2*1-6-4-2-3-5-6;1-5(2,3)4;/h2*4-5H,2H2,1H3;1-2H3;. The van der Waals surface area contributed by atoms with E-state index in [0.717, 1.165) is 0 Å². The van der Waals surface area contributed by atoms with Crippen LogP contribution in [-0.2, 0) is 19.2 Å². The largest absolute Gasteiger partial charge is 0.245 e. The first-order valence-electron chi connectivity index (χ1n) is 6.13. The molecule has 2 aliphatic carbocycles. The Hall–Kier alpha value is 0.471. The molecule has 0 fully saturated rings. The van der Waals surface area contributed by atoms with Gasteiger partial charge in [0.15, 0.2) is 0 Å². The zero-order chi connectivity index (χ0) is 13.8. The van der Waals surface area contributed by atoms with Gasteiger partial charge in [0.1, 0.15) is 0 Å². The number of rotatable bonds is 2. The van der Waals surface area contributed by atoms with Crippen LogP contribution in [0.25, 0.3) is 0 Å². The van der Waals surface area contributed by atoms with Crippen LogP contribution in [0.3, 0.4) is 0 Å². The van der Waals surface area contributed by atoms with Gasteiger partial charge >= 0.3 is 89.0 Å². The summed E-state index contributed by atoms with van der Waals surface area (Å²) in [7, 11) is 0. The van der Waals surface area contributed by atoms with Crippen molar-refractivity contribution in [3.63, 3.8) is 0 Å². The summed E-state index contributed by atoms with van der Waals surface area (Å²) in [6.07, 6.45) is 11.9. The van der Waals surface area contributed by atoms with Crippen LogP contribution in [0.5, 0.6) is 0 Å². The molecule has 18 heavy (non-hydrogen) atoms. The van der Waals surface area contributed by atoms with E-state index in [2.05, 4.69) is 38.2 Å². The number of hydrogen-bond acceptors (Lipinski definition) is 0. The number of allylic oxidation sites excluding steroid dienone is 8. The van der Waals surface area contributed by atoms with Crippen molar-refractivity contribution in [3.05, 3.63) is 43.2 Å². The summed E-state index contributed by atoms with van der Waals surface area (Å²) in [5, 5.41) is 0. The van der Waals surface area contributed by atoms with Gasteiger partial charge in [-0.1, -0.05) is 0 Å². The van der Waals surface area contributed by atoms with Crippen molar-refractivity contribution in [2.45, 2.75) is 39.8 Å². The van der Waals surface area contributed by atoms with Gasteiger partial charge < -0.3 is 0 Å². The van der Waals surface area contributed by atoms with E-state index in [0.29, 0.717) is 0 Å². The van der Waals surface area contributed by atoms with Crippen molar-refractivity contribution in [3.8, 4) is 0 Å². The van der Waals surface area contributed by atoms with Gasteiger partial charge in [0.2, 0.25) is 6.69 Å². The zero-order valence-electron chi connectivity index (χ0n) is 11.5. The van der Waals surface area contributed by atoms with E-state index in [-0.39, 0.29) is 19.2 Å². The molecule has 0 N–H and O–H groups in total. The van der Waals surface area contributed by atoms with E-state index in [9.17, 15) is 0 Å². The van der Waals surface area contributed by atoms with Crippen molar-refractivity contribution in [1.29, 1.82) is 0 Å². The Labute approximate surface area is 130 Å². The predicted octanol–water partition coefficient (Wildman–Crippen LogP) is 5.70. The van der Waals surface area contributed by atoms with Crippen LogP contribution in [0.4, 0.5) is 0 Å². The van der Waals surface area contributed by atoms with E-state index < -0.39 is 6.69 Å². The van der Waals surface area contributed by atoms with E-state index in [1.54, 1.807) is 7.76 Å². The minimum atomic E-state index is -1.67. The Morgan fingerprint density at radius 3 is 1.50 bits per heavy atom. The normalized spacial score (nSPS) is 18.3. The van der Waals surface area contributed by atoms with Crippen LogP contribution in [0.2, 0.25) is 13.1 Å². The summed E-state index contributed by atoms with van der Waals surface area (Å²) in [6, 6.07) is 0. The zero-order valence-corrected chi connectivity index (χ0v) is 15.6. The Morgan fingerprint density at radius 1 is 0.944 bits per heavy atom. The van der Waals surface area contributed by atoms with Gasteiger partial charge in [0.05, 0.1) is 0 Å². The van der Waals surface area contributed by atoms with Crippen molar-refractivity contribution >= 4 is 28.9 Å². The van der Waals surface area contributed by atoms with Crippen molar-refractivity contribution in [2.24, 2.45) is 0 Å². The maximum absolute atomic E-state index is 5.43. The first kappa shape index (κ1) is 16.5. The molecule has 0 bridgehead atoms. The molecule has 0 aromatic heterocycles. The van der Waals surface area contributed by atoms with E-state index in [1.807, 2.05) is 13.1 Å². The first-order chi connectivity index (χ1) is 8.24. The maximum Gasteiger partial charge on any atom is 0.245 e. The monoisotopic (exact) mass is 334 g/mol.